The molecule has 1 atom stereocenters. The van der Waals surface area contributed by atoms with Gasteiger partial charge in [0.2, 0.25) is 5.88 Å². The molecule has 1 N–H and O–H groups in total. The van der Waals surface area contributed by atoms with E-state index in [1.54, 1.807) is 12.5 Å². The summed E-state index contributed by atoms with van der Waals surface area (Å²) in [4.78, 5) is 7.78. The molecule has 22 heavy (non-hydrogen) atoms. The van der Waals surface area contributed by atoms with Gasteiger partial charge in [-0.05, 0) is 36.5 Å². The van der Waals surface area contributed by atoms with Crippen LogP contribution in [-0.2, 0) is 13.0 Å². The van der Waals surface area contributed by atoms with Crippen LogP contribution >= 0.6 is 0 Å². The van der Waals surface area contributed by atoms with Crippen LogP contribution in [0.15, 0.2) is 53.3 Å². The van der Waals surface area contributed by atoms with Crippen LogP contribution in [0, 0.1) is 0 Å². The molecule has 2 aromatic heterocycles. The normalized spacial score (nSPS) is 17.2. The predicted octanol–water partition coefficient (Wildman–Crippen LogP) is 4.05. The van der Waals surface area contributed by atoms with E-state index in [4.69, 9.17) is 9.15 Å². The van der Waals surface area contributed by atoms with Crippen LogP contribution in [0.5, 0.6) is 5.88 Å². The van der Waals surface area contributed by atoms with Gasteiger partial charge in [-0.2, -0.15) is 0 Å². The summed E-state index contributed by atoms with van der Waals surface area (Å²) in [6, 6.07) is 12.2. The van der Waals surface area contributed by atoms with Crippen molar-refractivity contribution in [1.82, 2.24) is 9.97 Å². The van der Waals surface area contributed by atoms with E-state index in [1.165, 1.54) is 5.56 Å². The first-order valence-electron chi connectivity index (χ1n) is 7.68. The molecule has 3 aromatic rings. The minimum absolute atomic E-state index is 0.216. The second-order valence-electron chi connectivity index (χ2n) is 5.66. The number of aromatic nitrogens is 2. The van der Waals surface area contributed by atoms with E-state index in [-0.39, 0.29) is 5.92 Å². The first kappa shape index (κ1) is 13.2. The van der Waals surface area contributed by atoms with Crippen molar-refractivity contribution in [2.75, 3.05) is 0 Å². The Morgan fingerprint density at radius 3 is 3.05 bits per heavy atom. The van der Waals surface area contributed by atoms with E-state index in [0.717, 1.165) is 36.4 Å². The first-order chi connectivity index (χ1) is 10.9. The van der Waals surface area contributed by atoms with Crippen LogP contribution < -0.4 is 4.74 Å². The van der Waals surface area contributed by atoms with Gasteiger partial charge < -0.3 is 14.1 Å². The van der Waals surface area contributed by atoms with Gasteiger partial charge >= 0.3 is 0 Å². The molecular formula is C18H18N2O2. The molecule has 0 bridgehead atoms. The van der Waals surface area contributed by atoms with Crippen molar-refractivity contribution >= 4 is 0 Å². The Labute approximate surface area is 129 Å². The van der Waals surface area contributed by atoms with Crippen LogP contribution in [0.3, 0.4) is 0 Å². The summed E-state index contributed by atoms with van der Waals surface area (Å²) in [6.45, 7) is 0.541. The second-order valence-corrected chi connectivity index (χ2v) is 5.66. The average molecular weight is 294 g/mol. The van der Waals surface area contributed by atoms with Crippen molar-refractivity contribution in [1.29, 1.82) is 0 Å². The number of imidazole rings is 1. The number of hydrogen-bond acceptors (Lipinski definition) is 3. The first-order valence-corrected chi connectivity index (χ1v) is 7.68. The van der Waals surface area contributed by atoms with Crippen molar-refractivity contribution < 1.29 is 9.15 Å². The van der Waals surface area contributed by atoms with Gasteiger partial charge in [0, 0.05) is 0 Å². The summed E-state index contributed by atoms with van der Waals surface area (Å²) in [6.07, 6.45) is 6.86. The molecular weight excluding hydrogens is 276 g/mol. The molecule has 4 nitrogen and oxygen atoms in total. The standard InChI is InChI=1S/C18H18N2O2/c1-2-5-13(6-3-1)12-22-16-11-19-18(20-16)15-8-4-7-14-9-10-21-17(14)15/h1-3,5-6,9-11,15H,4,7-8,12H2,(H,19,20). The zero-order valence-corrected chi connectivity index (χ0v) is 12.3. The molecule has 1 aliphatic rings. The summed E-state index contributed by atoms with van der Waals surface area (Å²) in [5.41, 5.74) is 2.45. The van der Waals surface area contributed by atoms with Crippen molar-refractivity contribution in [2.45, 2.75) is 31.8 Å². The van der Waals surface area contributed by atoms with Crippen molar-refractivity contribution in [3.8, 4) is 5.88 Å². The Kier molecular flexibility index (Phi) is 3.43. The molecule has 1 unspecified atom stereocenters. The van der Waals surface area contributed by atoms with E-state index < -0.39 is 0 Å². The van der Waals surface area contributed by atoms with E-state index in [0.29, 0.717) is 12.5 Å². The number of nitrogens with one attached hydrogen (secondary N) is 1. The van der Waals surface area contributed by atoms with Gasteiger partial charge in [-0.1, -0.05) is 30.3 Å². The predicted molar refractivity (Wildman–Crippen MR) is 82.9 cm³/mol. The fraction of sp³-hybridized carbons (Fsp3) is 0.278. The second kappa shape index (κ2) is 5.72. The van der Waals surface area contributed by atoms with Gasteiger partial charge in [-0.3, -0.25) is 0 Å². The lowest BCUT2D eigenvalue weighted by Crippen LogP contribution is -2.10. The molecule has 112 valence electrons. The number of H-pyrrole nitrogens is 1. The monoisotopic (exact) mass is 294 g/mol. The maximum Gasteiger partial charge on any atom is 0.211 e. The average Bonchev–Trinajstić information content (AvgIpc) is 3.22. The molecule has 1 aromatic carbocycles. The molecule has 2 heterocycles. The fourth-order valence-corrected chi connectivity index (χ4v) is 3.05. The highest BCUT2D eigenvalue weighted by molar-refractivity contribution is 5.29. The zero-order chi connectivity index (χ0) is 14.8. The smallest absolute Gasteiger partial charge is 0.211 e. The lowest BCUT2D eigenvalue weighted by Gasteiger charge is -2.18. The molecule has 4 heteroatoms. The molecule has 0 amide bonds. The van der Waals surface area contributed by atoms with Gasteiger partial charge in [0.25, 0.3) is 0 Å². The Morgan fingerprint density at radius 1 is 1.23 bits per heavy atom. The van der Waals surface area contributed by atoms with Crippen LogP contribution in [0.2, 0.25) is 0 Å². The number of furan rings is 1. The Balaban J connectivity index is 1.48. The Hall–Kier alpha value is -2.49. The third-order valence-corrected chi connectivity index (χ3v) is 4.18. The molecule has 0 radical (unpaired) electrons. The Bertz CT molecular complexity index is 745. The highest BCUT2D eigenvalue weighted by Gasteiger charge is 2.27. The molecule has 0 aliphatic heterocycles. The highest BCUT2D eigenvalue weighted by atomic mass is 16.5. The summed E-state index contributed by atoms with van der Waals surface area (Å²) < 4.78 is 11.4. The van der Waals surface area contributed by atoms with Gasteiger partial charge in [0.05, 0.1) is 18.4 Å². The van der Waals surface area contributed by atoms with E-state index in [9.17, 15) is 0 Å². The van der Waals surface area contributed by atoms with Crippen LogP contribution in [-0.4, -0.2) is 9.97 Å². The van der Waals surface area contributed by atoms with Gasteiger partial charge in [0.15, 0.2) is 0 Å². The Morgan fingerprint density at radius 2 is 2.14 bits per heavy atom. The topological polar surface area (TPSA) is 51.1 Å². The van der Waals surface area contributed by atoms with Gasteiger partial charge in [-0.15, -0.1) is 0 Å². The number of benzene rings is 1. The third kappa shape index (κ3) is 2.52. The number of hydrogen-bond donors (Lipinski definition) is 1. The van der Waals surface area contributed by atoms with Crippen molar-refractivity contribution in [3.63, 3.8) is 0 Å². The molecule has 0 saturated heterocycles. The molecule has 0 saturated carbocycles. The number of nitrogens with zero attached hydrogens (tertiary/aromatic N) is 1. The van der Waals surface area contributed by atoms with Crippen LogP contribution in [0.25, 0.3) is 0 Å². The zero-order valence-electron chi connectivity index (χ0n) is 12.3. The number of aromatic amines is 1. The van der Waals surface area contributed by atoms with Gasteiger partial charge in [0.1, 0.15) is 18.2 Å². The molecule has 1 aliphatic carbocycles. The van der Waals surface area contributed by atoms with Crippen LogP contribution in [0.1, 0.15) is 41.5 Å². The van der Waals surface area contributed by atoms with Crippen molar-refractivity contribution in [3.05, 3.63) is 71.6 Å². The molecule has 0 spiro atoms. The maximum absolute atomic E-state index is 5.78. The number of rotatable bonds is 4. The largest absolute Gasteiger partial charge is 0.473 e. The lowest BCUT2D eigenvalue weighted by atomic mass is 9.88. The number of aryl methyl sites for hydroxylation is 1. The van der Waals surface area contributed by atoms with E-state index in [2.05, 4.69) is 16.0 Å². The minimum Gasteiger partial charge on any atom is -0.473 e. The van der Waals surface area contributed by atoms with E-state index in [1.807, 2.05) is 30.3 Å². The molecule has 4 rings (SSSR count). The van der Waals surface area contributed by atoms with Crippen molar-refractivity contribution in [2.24, 2.45) is 0 Å². The van der Waals surface area contributed by atoms with E-state index >= 15 is 0 Å². The maximum atomic E-state index is 5.78. The highest BCUT2D eigenvalue weighted by Crippen LogP contribution is 2.36. The fourth-order valence-electron chi connectivity index (χ4n) is 3.05. The SMILES string of the molecule is c1ccc(COc2cnc(C3CCCc4ccoc43)[nH]2)cc1. The number of fused-ring (bicyclic) bond motifs is 1. The van der Waals surface area contributed by atoms with Gasteiger partial charge in [-0.25, -0.2) is 4.98 Å². The number of ether oxygens (including phenoxy) is 1. The summed E-state index contributed by atoms with van der Waals surface area (Å²) in [7, 11) is 0. The lowest BCUT2D eigenvalue weighted by molar-refractivity contribution is 0.294. The summed E-state index contributed by atoms with van der Waals surface area (Å²) >= 11 is 0. The summed E-state index contributed by atoms with van der Waals surface area (Å²) in [5.74, 6) is 2.90. The third-order valence-electron chi connectivity index (χ3n) is 4.18. The quantitative estimate of drug-likeness (QED) is 0.789. The molecule has 0 fully saturated rings. The van der Waals surface area contributed by atoms with Crippen LogP contribution in [0.4, 0.5) is 0 Å². The minimum atomic E-state index is 0.216. The summed E-state index contributed by atoms with van der Waals surface area (Å²) in [5, 5.41) is 0.